The van der Waals surface area contributed by atoms with Gasteiger partial charge in [-0.05, 0) is 44.4 Å². The van der Waals surface area contributed by atoms with Gasteiger partial charge in [0, 0.05) is 16.8 Å². The lowest BCUT2D eigenvalue weighted by molar-refractivity contribution is 0.145. The molecule has 74 valence electrons. The Morgan fingerprint density at radius 2 is 2.46 bits per heavy atom. The fraction of sp³-hybridized carbons (Fsp3) is 1.00. The van der Waals surface area contributed by atoms with Gasteiger partial charge in [-0.2, -0.15) is 11.8 Å². The van der Waals surface area contributed by atoms with Crippen molar-refractivity contribution >= 4 is 11.8 Å². The van der Waals surface area contributed by atoms with Crippen LogP contribution < -0.4 is 0 Å². The summed E-state index contributed by atoms with van der Waals surface area (Å²) in [5.74, 6) is 1.42. The van der Waals surface area contributed by atoms with Gasteiger partial charge < -0.3 is 0 Å². The summed E-state index contributed by atoms with van der Waals surface area (Å²) in [4.78, 5) is 2.87. The van der Waals surface area contributed by atoms with Gasteiger partial charge in [0.15, 0.2) is 0 Å². The summed E-state index contributed by atoms with van der Waals surface area (Å²) < 4.78 is 0. The van der Waals surface area contributed by atoms with Crippen molar-refractivity contribution in [1.29, 1.82) is 0 Å². The van der Waals surface area contributed by atoms with Crippen molar-refractivity contribution in [3.63, 3.8) is 0 Å². The van der Waals surface area contributed by atoms with Crippen molar-refractivity contribution in [3.05, 3.63) is 0 Å². The molecule has 3 aliphatic rings. The average molecular weight is 197 g/mol. The Kier molecular flexibility index (Phi) is 1.92. The number of nitrogens with zero attached hydrogens (tertiary/aromatic N) is 1. The second-order valence-electron chi connectivity index (χ2n) is 4.84. The standard InChI is InChI=1S/C11H19NS/c1-2-11-5-3-6-12(11)9-4-7-13-10(9)8-11/h9-10H,2-8H2,1H3/t9-,10-,11+/m0/s1. The first-order valence-corrected chi connectivity index (χ1v) is 6.79. The van der Waals surface area contributed by atoms with E-state index >= 15 is 0 Å². The molecule has 3 saturated heterocycles. The number of fused-ring (bicyclic) bond motifs is 3. The molecule has 3 heterocycles. The fourth-order valence-electron chi connectivity index (χ4n) is 3.78. The van der Waals surface area contributed by atoms with Gasteiger partial charge in [-0.1, -0.05) is 6.92 Å². The second-order valence-corrected chi connectivity index (χ2v) is 6.19. The molecule has 0 spiro atoms. The van der Waals surface area contributed by atoms with E-state index < -0.39 is 0 Å². The van der Waals surface area contributed by atoms with Crippen molar-refractivity contribution in [2.24, 2.45) is 0 Å². The zero-order valence-corrected chi connectivity index (χ0v) is 9.28. The quantitative estimate of drug-likeness (QED) is 0.635. The van der Waals surface area contributed by atoms with Crippen LogP contribution in [0.2, 0.25) is 0 Å². The third-order valence-electron chi connectivity index (χ3n) is 4.46. The fourth-order valence-corrected chi connectivity index (χ4v) is 5.40. The first kappa shape index (κ1) is 8.60. The highest BCUT2D eigenvalue weighted by atomic mass is 32.2. The molecule has 0 unspecified atom stereocenters. The van der Waals surface area contributed by atoms with Gasteiger partial charge >= 0.3 is 0 Å². The highest BCUT2D eigenvalue weighted by Gasteiger charge is 2.54. The van der Waals surface area contributed by atoms with Crippen molar-refractivity contribution < 1.29 is 0 Å². The van der Waals surface area contributed by atoms with E-state index in [0.717, 1.165) is 11.3 Å². The molecule has 13 heavy (non-hydrogen) atoms. The molecule has 0 aliphatic carbocycles. The first-order valence-electron chi connectivity index (χ1n) is 5.74. The van der Waals surface area contributed by atoms with E-state index in [1.807, 2.05) is 0 Å². The Labute approximate surface area is 85.3 Å². The van der Waals surface area contributed by atoms with E-state index in [0.29, 0.717) is 5.54 Å². The minimum atomic E-state index is 0.656. The maximum absolute atomic E-state index is 2.87. The van der Waals surface area contributed by atoms with Gasteiger partial charge in [-0.25, -0.2) is 0 Å². The van der Waals surface area contributed by atoms with Gasteiger partial charge in [-0.3, -0.25) is 4.90 Å². The molecule has 3 rings (SSSR count). The molecule has 0 aromatic carbocycles. The SMILES string of the molecule is CC[C@]12CCCN1[C@H]1CCS[C@H]1C2. The van der Waals surface area contributed by atoms with Gasteiger partial charge in [0.1, 0.15) is 0 Å². The number of hydrogen-bond donors (Lipinski definition) is 0. The van der Waals surface area contributed by atoms with Crippen LogP contribution in [0.15, 0.2) is 0 Å². The van der Waals surface area contributed by atoms with Crippen molar-refractivity contribution in [1.82, 2.24) is 4.90 Å². The first-order chi connectivity index (χ1) is 6.36. The maximum atomic E-state index is 2.87. The Hall–Kier alpha value is 0.310. The molecule has 0 aromatic heterocycles. The van der Waals surface area contributed by atoms with E-state index in [1.54, 1.807) is 0 Å². The monoisotopic (exact) mass is 197 g/mol. The Bertz CT molecular complexity index is 218. The Morgan fingerprint density at radius 1 is 1.54 bits per heavy atom. The van der Waals surface area contributed by atoms with E-state index in [1.165, 1.54) is 44.4 Å². The molecule has 0 amide bonds. The van der Waals surface area contributed by atoms with Gasteiger partial charge in [0.2, 0.25) is 0 Å². The average Bonchev–Trinajstić information content (AvgIpc) is 2.72. The van der Waals surface area contributed by atoms with Crippen LogP contribution in [0.25, 0.3) is 0 Å². The molecule has 0 N–H and O–H groups in total. The Morgan fingerprint density at radius 3 is 3.31 bits per heavy atom. The van der Waals surface area contributed by atoms with Crippen LogP contribution >= 0.6 is 11.8 Å². The predicted molar refractivity (Wildman–Crippen MR) is 58.2 cm³/mol. The van der Waals surface area contributed by atoms with Gasteiger partial charge in [0.05, 0.1) is 0 Å². The largest absolute Gasteiger partial charge is 0.294 e. The Balaban J connectivity index is 1.89. The number of hydrogen-bond acceptors (Lipinski definition) is 2. The molecule has 1 nitrogen and oxygen atoms in total. The zero-order chi connectivity index (χ0) is 8.89. The zero-order valence-electron chi connectivity index (χ0n) is 8.46. The van der Waals surface area contributed by atoms with Crippen LogP contribution in [-0.2, 0) is 0 Å². The normalized spacial score (nSPS) is 49.6. The van der Waals surface area contributed by atoms with Crippen LogP contribution in [0.4, 0.5) is 0 Å². The van der Waals surface area contributed by atoms with E-state index in [9.17, 15) is 0 Å². The minimum absolute atomic E-state index is 0.656. The number of rotatable bonds is 1. The lowest BCUT2D eigenvalue weighted by atomic mass is 9.91. The van der Waals surface area contributed by atoms with Crippen LogP contribution in [0.1, 0.15) is 39.0 Å². The summed E-state index contributed by atoms with van der Waals surface area (Å²) >= 11 is 2.24. The summed E-state index contributed by atoms with van der Waals surface area (Å²) in [5.41, 5.74) is 0.656. The summed E-state index contributed by atoms with van der Waals surface area (Å²) in [6.07, 6.45) is 7.30. The van der Waals surface area contributed by atoms with E-state index in [2.05, 4.69) is 23.6 Å². The van der Waals surface area contributed by atoms with E-state index in [-0.39, 0.29) is 0 Å². The maximum Gasteiger partial charge on any atom is 0.0228 e. The van der Waals surface area contributed by atoms with Gasteiger partial charge in [-0.15, -0.1) is 0 Å². The molecule has 3 aliphatic heterocycles. The summed E-state index contributed by atoms with van der Waals surface area (Å²) in [6, 6.07) is 0.965. The van der Waals surface area contributed by atoms with Crippen LogP contribution in [0.3, 0.4) is 0 Å². The molecule has 0 bridgehead atoms. The smallest absolute Gasteiger partial charge is 0.0228 e. The van der Waals surface area contributed by atoms with Crippen LogP contribution in [0.5, 0.6) is 0 Å². The highest BCUT2D eigenvalue weighted by Crippen LogP contribution is 2.51. The van der Waals surface area contributed by atoms with Crippen molar-refractivity contribution in [3.8, 4) is 0 Å². The summed E-state index contributed by atoms with van der Waals surface area (Å²) in [5, 5.41) is 1.00. The minimum Gasteiger partial charge on any atom is -0.294 e. The van der Waals surface area contributed by atoms with Crippen LogP contribution in [-0.4, -0.2) is 34.0 Å². The highest BCUT2D eigenvalue weighted by molar-refractivity contribution is 8.00. The molecular formula is C11H19NS. The summed E-state index contributed by atoms with van der Waals surface area (Å²) in [7, 11) is 0. The molecule has 0 saturated carbocycles. The molecule has 0 radical (unpaired) electrons. The third-order valence-corrected chi connectivity index (χ3v) is 5.85. The molecular weight excluding hydrogens is 178 g/mol. The summed E-state index contributed by atoms with van der Waals surface area (Å²) in [6.45, 7) is 3.79. The predicted octanol–water partition coefficient (Wildman–Crippen LogP) is 2.51. The molecule has 0 aromatic rings. The van der Waals surface area contributed by atoms with Crippen molar-refractivity contribution in [2.45, 2.75) is 55.9 Å². The third kappa shape index (κ3) is 1.05. The lowest BCUT2D eigenvalue weighted by Gasteiger charge is -2.33. The van der Waals surface area contributed by atoms with E-state index in [4.69, 9.17) is 0 Å². The molecule has 3 atom stereocenters. The number of thioether (sulfide) groups is 1. The molecule has 3 fully saturated rings. The molecule has 2 heteroatoms. The van der Waals surface area contributed by atoms with Crippen LogP contribution in [0, 0.1) is 0 Å². The van der Waals surface area contributed by atoms with Crippen molar-refractivity contribution in [2.75, 3.05) is 12.3 Å². The second kappa shape index (κ2) is 2.90. The van der Waals surface area contributed by atoms with Gasteiger partial charge in [0.25, 0.3) is 0 Å². The topological polar surface area (TPSA) is 3.24 Å². The lowest BCUT2D eigenvalue weighted by Crippen LogP contribution is -2.41.